The Morgan fingerprint density at radius 2 is 2.00 bits per heavy atom. The molecule has 4 aromatic heterocycles. The van der Waals surface area contributed by atoms with Crippen LogP contribution in [0.3, 0.4) is 0 Å². The maximum Gasteiger partial charge on any atom is 0.389 e. The standard InChI is InChI=1S/C21H20F4N6O/c1-20(2,22)11-28-19(32)15-10-29-31-6-4-12(7-16(15)31)13-8-27-18-14(13)9-26-17(30-18)3-5-21(23,24)25/h4,6-10H,3,5,11H2,1-2H3,(H,28,32)(H,26,27,30). The van der Waals surface area contributed by atoms with Crippen LogP contribution in [0.25, 0.3) is 27.7 Å². The largest absolute Gasteiger partial charge is 0.389 e. The first-order chi connectivity index (χ1) is 15.0. The van der Waals surface area contributed by atoms with E-state index in [2.05, 4.69) is 25.4 Å². The molecule has 0 spiro atoms. The molecule has 0 saturated heterocycles. The number of halogens is 4. The number of rotatable bonds is 6. The number of alkyl halides is 4. The molecule has 4 heterocycles. The summed E-state index contributed by atoms with van der Waals surface area (Å²) in [5, 5.41) is 7.35. The molecular weight excluding hydrogens is 428 g/mol. The van der Waals surface area contributed by atoms with E-state index in [0.29, 0.717) is 22.1 Å². The molecule has 0 aliphatic carbocycles. The Balaban J connectivity index is 1.64. The number of H-pyrrole nitrogens is 1. The molecule has 0 saturated carbocycles. The first-order valence-corrected chi connectivity index (χ1v) is 9.85. The van der Waals surface area contributed by atoms with Crippen LogP contribution in [0.4, 0.5) is 17.6 Å². The normalized spacial score (nSPS) is 12.6. The molecule has 0 fully saturated rings. The number of fused-ring (bicyclic) bond motifs is 2. The van der Waals surface area contributed by atoms with Gasteiger partial charge in [-0.1, -0.05) is 0 Å². The van der Waals surface area contributed by atoms with Crippen molar-refractivity contribution in [3.63, 3.8) is 0 Å². The van der Waals surface area contributed by atoms with Crippen LogP contribution in [-0.4, -0.2) is 48.9 Å². The lowest BCUT2D eigenvalue weighted by atomic mass is 10.1. The van der Waals surface area contributed by atoms with Gasteiger partial charge in [-0.05, 0) is 31.5 Å². The van der Waals surface area contributed by atoms with E-state index in [0.717, 1.165) is 11.1 Å². The third kappa shape index (κ3) is 4.71. The lowest BCUT2D eigenvalue weighted by molar-refractivity contribution is -0.134. The maximum atomic E-state index is 13.7. The fraction of sp³-hybridized carbons (Fsp3) is 0.333. The second-order valence-electron chi connectivity index (χ2n) is 8.07. The zero-order valence-electron chi connectivity index (χ0n) is 17.3. The van der Waals surface area contributed by atoms with Gasteiger partial charge in [0.15, 0.2) is 0 Å². The number of carbonyl (C=O) groups is 1. The second kappa shape index (κ2) is 7.88. The highest BCUT2D eigenvalue weighted by atomic mass is 19.4. The van der Waals surface area contributed by atoms with Crippen molar-refractivity contribution in [3.05, 3.63) is 48.3 Å². The Morgan fingerprint density at radius 3 is 2.72 bits per heavy atom. The van der Waals surface area contributed by atoms with Crippen LogP contribution in [0, 0.1) is 0 Å². The summed E-state index contributed by atoms with van der Waals surface area (Å²) >= 11 is 0. The molecule has 0 unspecified atom stereocenters. The summed E-state index contributed by atoms with van der Waals surface area (Å²) in [6, 6.07) is 3.54. The van der Waals surface area contributed by atoms with E-state index in [-0.39, 0.29) is 18.8 Å². The minimum absolute atomic E-state index is 0.101. The number of hydrogen-bond acceptors (Lipinski definition) is 4. The van der Waals surface area contributed by atoms with Crippen molar-refractivity contribution >= 4 is 22.5 Å². The zero-order valence-corrected chi connectivity index (χ0v) is 17.3. The van der Waals surface area contributed by atoms with Crippen molar-refractivity contribution in [3.8, 4) is 11.1 Å². The SMILES string of the molecule is CC(C)(F)CNC(=O)c1cnn2ccc(-c3c[nH]c4nc(CCC(F)(F)F)ncc34)cc12. The fourth-order valence-electron chi connectivity index (χ4n) is 3.27. The van der Waals surface area contributed by atoms with Crippen LogP contribution < -0.4 is 5.32 Å². The number of nitrogens with zero attached hydrogens (tertiary/aromatic N) is 4. The van der Waals surface area contributed by atoms with E-state index in [9.17, 15) is 22.4 Å². The number of nitrogens with one attached hydrogen (secondary N) is 2. The third-order valence-electron chi connectivity index (χ3n) is 4.86. The number of pyridine rings is 1. The van der Waals surface area contributed by atoms with Crippen LogP contribution in [0.1, 0.15) is 36.5 Å². The van der Waals surface area contributed by atoms with Crippen LogP contribution >= 0.6 is 0 Å². The summed E-state index contributed by atoms with van der Waals surface area (Å²) in [5.74, 6) is -0.344. The van der Waals surface area contributed by atoms with Crippen molar-refractivity contribution in [2.45, 2.75) is 38.5 Å². The number of carbonyl (C=O) groups excluding carboxylic acids is 1. The molecule has 11 heteroatoms. The van der Waals surface area contributed by atoms with Crippen LogP contribution in [0.15, 0.2) is 36.9 Å². The van der Waals surface area contributed by atoms with Crippen molar-refractivity contribution in [1.82, 2.24) is 29.9 Å². The molecule has 0 aliphatic heterocycles. The van der Waals surface area contributed by atoms with E-state index < -0.39 is 24.2 Å². The smallest absolute Gasteiger partial charge is 0.349 e. The van der Waals surface area contributed by atoms with Gasteiger partial charge < -0.3 is 10.3 Å². The minimum Gasteiger partial charge on any atom is -0.349 e. The van der Waals surface area contributed by atoms with Crippen molar-refractivity contribution < 1.29 is 22.4 Å². The molecule has 2 N–H and O–H groups in total. The number of aromatic amines is 1. The second-order valence-corrected chi connectivity index (χ2v) is 8.07. The number of amides is 1. The van der Waals surface area contributed by atoms with Gasteiger partial charge in [-0.2, -0.15) is 18.3 Å². The molecule has 168 valence electrons. The lowest BCUT2D eigenvalue weighted by Crippen LogP contribution is -2.35. The van der Waals surface area contributed by atoms with Crippen LogP contribution in [-0.2, 0) is 6.42 Å². The molecule has 4 aromatic rings. The van der Waals surface area contributed by atoms with E-state index >= 15 is 0 Å². The minimum atomic E-state index is -4.27. The van der Waals surface area contributed by atoms with Gasteiger partial charge in [0.2, 0.25) is 0 Å². The van der Waals surface area contributed by atoms with E-state index in [1.54, 1.807) is 24.5 Å². The highest BCUT2D eigenvalue weighted by molar-refractivity contribution is 6.02. The van der Waals surface area contributed by atoms with Crippen LogP contribution in [0.5, 0.6) is 0 Å². The summed E-state index contributed by atoms with van der Waals surface area (Å²) in [5.41, 5.74) is 1.14. The van der Waals surface area contributed by atoms with Gasteiger partial charge in [0.25, 0.3) is 5.91 Å². The van der Waals surface area contributed by atoms with Gasteiger partial charge in [0.05, 0.1) is 30.2 Å². The Bertz CT molecular complexity index is 1290. The maximum absolute atomic E-state index is 13.7. The predicted octanol–water partition coefficient (Wildman–Crippen LogP) is 4.25. The zero-order chi connectivity index (χ0) is 23.1. The third-order valence-corrected chi connectivity index (χ3v) is 4.86. The van der Waals surface area contributed by atoms with Gasteiger partial charge in [-0.25, -0.2) is 18.9 Å². The van der Waals surface area contributed by atoms with Gasteiger partial charge in [-0.15, -0.1) is 0 Å². The Kier molecular flexibility index (Phi) is 5.35. The quantitative estimate of drug-likeness (QED) is 0.432. The monoisotopic (exact) mass is 448 g/mol. The summed E-state index contributed by atoms with van der Waals surface area (Å²) in [7, 11) is 0. The van der Waals surface area contributed by atoms with Crippen LogP contribution in [0.2, 0.25) is 0 Å². The predicted molar refractivity (Wildman–Crippen MR) is 110 cm³/mol. The molecule has 0 atom stereocenters. The number of hydrogen-bond donors (Lipinski definition) is 2. The molecule has 7 nitrogen and oxygen atoms in total. The average Bonchev–Trinajstić information content (AvgIpc) is 3.32. The Hall–Kier alpha value is -3.50. The lowest BCUT2D eigenvalue weighted by Gasteiger charge is -2.14. The Morgan fingerprint density at radius 1 is 1.22 bits per heavy atom. The molecule has 32 heavy (non-hydrogen) atoms. The molecule has 4 rings (SSSR count). The van der Waals surface area contributed by atoms with Crippen molar-refractivity contribution in [1.29, 1.82) is 0 Å². The van der Waals surface area contributed by atoms with E-state index in [1.807, 2.05) is 0 Å². The molecular formula is C21H20F4N6O. The summed E-state index contributed by atoms with van der Waals surface area (Å²) < 4.78 is 52.6. The topological polar surface area (TPSA) is 88.0 Å². The average molecular weight is 448 g/mol. The van der Waals surface area contributed by atoms with Crippen molar-refractivity contribution in [2.24, 2.45) is 0 Å². The number of aryl methyl sites for hydroxylation is 1. The molecule has 0 bridgehead atoms. The van der Waals surface area contributed by atoms with E-state index in [4.69, 9.17) is 0 Å². The first kappa shape index (κ1) is 21.7. The van der Waals surface area contributed by atoms with E-state index in [1.165, 1.54) is 30.8 Å². The first-order valence-electron chi connectivity index (χ1n) is 9.85. The summed E-state index contributed by atoms with van der Waals surface area (Å²) in [6.45, 7) is 2.60. The molecule has 0 radical (unpaired) electrons. The highest BCUT2D eigenvalue weighted by Gasteiger charge is 2.27. The Labute approximate surface area is 179 Å². The van der Waals surface area contributed by atoms with Gasteiger partial charge in [-0.3, -0.25) is 4.79 Å². The fourth-order valence-corrected chi connectivity index (χ4v) is 3.27. The van der Waals surface area contributed by atoms with Crippen molar-refractivity contribution in [2.75, 3.05) is 6.54 Å². The molecule has 1 amide bonds. The summed E-state index contributed by atoms with van der Waals surface area (Å²) in [4.78, 5) is 23.7. The number of aromatic nitrogens is 5. The van der Waals surface area contributed by atoms with Gasteiger partial charge in [0.1, 0.15) is 17.1 Å². The highest BCUT2D eigenvalue weighted by Crippen LogP contribution is 2.29. The molecule has 0 aromatic carbocycles. The van der Waals surface area contributed by atoms with Gasteiger partial charge >= 0.3 is 6.18 Å². The molecule has 0 aliphatic rings. The summed E-state index contributed by atoms with van der Waals surface area (Å²) in [6.07, 6.45) is 0.683. The van der Waals surface area contributed by atoms with Gasteiger partial charge in [0, 0.05) is 36.0 Å².